The molecule has 6 nitrogen and oxygen atoms in total. The van der Waals surface area contributed by atoms with Crippen molar-refractivity contribution in [1.82, 2.24) is 10.3 Å². The molecular weight excluding hydrogens is 260 g/mol. The number of H-pyrrole nitrogens is 1. The van der Waals surface area contributed by atoms with Crippen LogP contribution in [0.2, 0.25) is 0 Å². The minimum absolute atomic E-state index is 0.0332. The number of rotatable bonds is 5. The first kappa shape index (κ1) is 14.1. The summed E-state index contributed by atoms with van der Waals surface area (Å²) in [4.78, 5) is 26.3. The van der Waals surface area contributed by atoms with Crippen LogP contribution in [0.4, 0.5) is 0 Å². The lowest BCUT2D eigenvalue weighted by molar-refractivity contribution is 0.0944. The Labute approximate surface area is 115 Å². The fraction of sp³-hybridized carbons (Fsp3) is 0.286. The molecule has 3 N–H and O–H groups in total. The average Bonchev–Trinajstić information content (AvgIpc) is 2.91. The average molecular weight is 276 g/mol. The highest BCUT2D eigenvalue weighted by Crippen LogP contribution is 2.15. The van der Waals surface area contributed by atoms with E-state index in [1.165, 1.54) is 12.3 Å². The summed E-state index contributed by atoms with van der Waals surface area (Å²) >= 11 is 0. The molecule has 0 aliphatic rings. The largest absolute Gasteiger partial charge is 0.463 e. The highest BCUT2D eigenvalue weighted by molar-refractivity contribution is 5.93. The van der Waals surface area contributed by atoms with Crippen molar-refractivity contribution >= 4 is 5.91 Å². The van der Waals surface area contributed by atoms with Crippen molar-refractivity contribution in [3.63, 3.8) is 0 Å². The van der Waals surface area contributed by atoms with Crippen LogP contribution in [0.1, 0.15) is 23.7 Å². The van der Waals surface area contributed by atoms with Crippen molar-refractivity contribution < 1.29 is 14.3 Å². The highest BCUT2D eigenvalue weighted by atomic mass is 16.3. The summed E-state index contributed by atoms with van der Waals surface area (Å²) < 4.78 is 5.17. The lowest BCUT2D eigenvalue weighted by Crippen LogP contribution is -2.31. The van der Waals surface area contributed by atoms with E-state index in [1.54, 1.807) is 25.1 Å². The summed E-state index contributed by atoms with van der Waals surface area (Å²) in [6.45, 7) is 1.95. The van der Waals surface area contributed by atoms with Gasteiger partial charge in [0.1, 0.15) is 11.3 Å². The molecule has 2 aromatic rings. The van der Waals surface area contributed by atoms with Gasteiger partial charge in [0.15, 0.2) is 0 Å². The van der Waals surface area contributed by atoms with Crippen LogP contribution in [0.15, 0.2) is 39.7 Å². The quantitative estimate of drug-likeness (QED) is 0.763. The number of hydrogen-bond donors (Lipinski definition) is 3. The molecule has 2 aromatic heterocycles. The lowest BCUT2D eigenvalue weighted by atomic mass is 10.2. The molecule has 1 atom stereocenters. The van der Waals surface area contributed by atoms with Crippen LogP contribution in [-0.2, 0) is 0 Å². The van der Waals surface area contributed by atoms with E-state index in [1.807, 2.05) is 0 Å². The van der Waals surface area contributed by atoms with Gasteiger partial charge in [-0.15, -0.1) is 0 Å². The molecule has 106 valence electrons. The standard InChI is InChI=1S/C14H16N2O4/c1-9(17)6-7-15-13(18)10-4-5-11(16-14(10)19)12-3-2-8-20-12/h2-5,8-9,17H,6-7H2,1H3,(H,15,18)(H,16,19). The number of aromatic nitrogens is 1. The zero-order chi connectivity index (χ0) is 14.5. The summed E-state index contributed by atoms with van der Waals surface area (Å²) in [5, 5.41) is 11.7. The molecule has 0 saturated heterocycles. The van der Waals surface area contributed by atoms with E-state index < -0.39 is 17.6 Å². The van der Waals surface area contributed by atoms with E-state index in [2.05, 4.69) is 10.3 Å². The zero-order valence-electron chi connectivity index (χ0n) is 11.1. The zero-order valence-corrected chi connectivity index (χ0v) is 11.1. The third kappa shape index (κ3) is 3.36. The first-order chi connectivity index (χ1) is 9.58. The van der Waals surface area contributed by atoms with Crippen LogP contribution in [0.3, 0.4) is 0 Å². The molecular formula is C14H16N2O4. The Bertz CT molecular complexity index is 629. The first-order valence-corrected chi connectivity index (χ1v) is 6.31. The maximum Gasteiger partial charge on any atom is 0.261 e. The Kier molecular flexibility index (Phi) is 4.37. The molecule has 2 rings (SSSR count). The van der Waals surface area contributed by atoms with Gasteiger partial charge in [0.05, 0.1) is 18.1 Å². The summed E-state index contributed by atoms with van der Waals surface area (Å²) in [5.41, 5.74) is 0.0693. The Morgan fingerprint density at radius 2 is 2.25 bits per heavy atom. The summed E-state index contributed by atoms with van der Waals surface area (Å²) in [7, 11) is 0. The number of amides is 1. The molecule has 0 fully saturated rings. The van der Waals surface area contributed by atoms with Crippen LogP contribution >= 0.6 is 0 Å². The fourth-order valence-electron chi connectivity index (χ4n) is 1.72. The first-order valence-electron chi connectivity index (χ1n) is 6.31. The smallest absolute Gasteiger partial charge is 0.261 e. The van der Waals surface area contributed by atoms with Gasteiger partial charge in [0.25, 0.3) is 11.5 Å². The van der Waals surface area contributed by atoms with Crippen molar-refractivity contribution in [2.24, 2.45) is 0 Å². The van der Waals surface area contributed by atoms with Gasteiger partial charge in [-0.1, -0.05) is 0 Å². The Morgan fingerprint density at radius 3 is 2.85 bits per heavy atom. The van der Waals surface area contributed by atoms with Gasteiger partial charge in [-0.05, 0) is 37.6 Å². The number of aromatic amines is 1. The van der Waals surface area contributed by atoms with Crippen molar-refractivity contribution in [1.29, 1.82) is 0 Å². The van der Waals surface area contributed by atoms with E-state index in [4.69, 9.17) is 9.52 Å². The molecule has 0 aliphatic heterocycles. The van der Waals surface area contributed by atoms with Gasteiger partial charge in [0, 0.05) is 6.54 Å². The van der Waals surface area contributed by atoms with Gasteiger partial charge in [0.2, 0.25) is 0 Å². The number of nitrogens with one attached hydrogen (secondary N) is 2. The Balaban J connectivity index is 2.10. The predicted molar refractivity (Wildman–Crippen MR) is 73.4 cm³/mol. The molecule has 0 bridgehead atoms. The van der Waals surface area contributed by atoms with Gasteiger partial charge in [-0.3, -0.25) is 9.59 Å². The second-order valence-corrected chi connectivity index (χ2v) is 4.49. The van der Waals surface area contributed by atoms with Crippen molar-refractivity contribution in [2.45, 2.75) is 19.4 Å². The van der Waals surface area contributed by atoms with Crippen LogP contribution in [0, 0.1) is 0 Å². The SMILES string of the molecule is CC(O)CCNC(=O)c1ccc(-c2ccco2)[nH]c1=O. The van der Waals surface area contributed by atoms with E-state index in [-0.39, 0.29) is 5.56 Å². The maximum absolute atomic E-state index is 11.9. The number of aliphatic hydroxyl groups is 1. The number of carbonyl (C=O) groups is 1. The van der Waals surface area contributed by atoms with Crippen LogP contribution in [0.25, 0.3) is 11.5 Å². The van der Waals surface area contributed by atoms with Gasteiger partial charge in [-0.25, -0.2) is 0 Å². The molecule has 0 aromatic carbocycles. The normalized spacial score (nSPS) is 12.1. The Hall–Kier alpha value is -2.34. The van der Waals surface area contributed by atoms with Crippen LogP contribution in [-0.4, -0.2) is 28.6 Å². The molecule has 6 heteroatoms. The summed E-state index contributed by atoms with van der Waals surface area (Å²) in [6, 6.07) is 6.50. The number of pyridine rings is 1. The molecule has 0 aliphatic carbocycles. The molecule has 2 heterocycles. The topological polar surface area (TPSA) is 95.3 Å². The number of aliphatic hydroxyl groups excluding tert-OH is 1. The fourth-order valence-corrected chi connectivity index (χ4v) is 1.72. The molecule has 1 amide bonds. The van der Waals surface area contributed by atoms with E-state index in [0.29, 0.717) is 24.4 Å². The molecule has 0 spiro atoms. The number of furan rings is 1. The second-order valence-electron chi connectivity index (χ2n) is 4.49. The molecule has 20 heavy (non-hydrogen) atoms. The van der Waals surface area contributed by atoms with Crippen molar-refractivity contribution in [3.8, 4) is 11.5 Å². The lowest BCUT2D eigenvalue weighted by Gasteiger charge is -2.06. The maximum atomic E-state index is 11.9. The monoisotopic (exact) mass is 276 g/mol. The van der Waals surface area contributed by atoms with Gasteiger partial charge >= 0.3 is 0 Å². The molecule has 1 unspecified atom stereocenters. The Morgan fingerprint density at radius 1 is 1.45 bits per heavy atom. The predicted octanol–water partition coefficient (Wildman–Crippen LogP) is 1.14. The van der Waals surface area contributed by atoms with Gasteiger partial charge < -0.3 is 19.8 Å². The number of carbonyl (C=O) groups excluding carboxylic acids is 1. The van der Waals surface area contributed by atoms with Crippen LogP contribution in [0.5, 0.6) is 0 Å². The third-order valence-electron chi connectivity index (χ3n) is 2.79. The third-order valence-corrected chi connectivity index (χ3v) is 2.79. The minimum Gasteiger partial charge on any atom is -0.463 e. The molecule has 0 radical (unpaired) electrons. The summed E-state index contributed by atoms with van der Waals surface area (Å²) in [5.74, 6) is 0.0704. The van der Waals surface area contributed by atoms with Gasteiger partial charge in [-0.2, -0.15) is 0 Å². The number of hydrogen-bond acceptors (Lipinski definition) is 4. The summed E-state index contributed by atoms with van der Waals surface area (Å²) in [6.07, 6.45) is 1.45. The van der Waals surface area contributed by atoms with Crippen molar-refractivity contribution in [2.75, 3.05) is 6.54 Å². The van der Waals surface area contributed by atoms with Crippen LogP contribution < -0.4 is 10.9 Å². The van der Waals surface area contributed by atoms with E-state index >= 15 is 0 Å². The van der Waals surface area contributed by atoms with Crippen molar-refractivity contribution in [3.05, 3.63) is 46.4 Å². The molecule has 0 saturated carbocycles. The minimum atomic E-state index is -0.491. The van der Waals surface area contributed by atoms with E-state index in [0.717, 1.165) is 0 Å². The second kappa shape index (κ2) is 6.21. The highest BCUT2D eigenvalue weighted by Gasteiger charge is 2.12. The van der Waals surface area contributed by atoms with E-state index in [9.17, 15) is 9.59 Å².